The van der Waals surface area contributed by atoms with Crippen LogP contribution in [-0.4, -0.2) is 49.3 Å². The van der Waals surface area contributed by atoms with Crippen LogP contribution in [0.3, 0.4) is 0 Å². The van der Waals surface area contributed by atoms with Crippen molar-refractivity contribution in [3.8, 4) is 0 Å². The highest BCUT2D eigenvalue weighted by molar-refractivity contribution is 5.28. The van der Waals surface area contributed by atoms with Crippen LogP contribution in [0.25, 0.3) is 0 Å². The third-order valence-electron chi connectivity index (χ3n) is 4.63. The van der Waals surface area contributed by atoms with E-state index in [2.05, 4.69) is 0 Å². The minimum Gasteiger partial charge on any atom is -0.172 e. The summed E-state index contributed by atoms with van der Waals surface area (Å²) in [6.07, 6.45) is -77.4. The van der Waals surface area contributed by atoms with E-state index >= 15 is 0 Å². The van der Waals surface area contributed by atoms with Gasteiger partial charge in [0.05, 0.1) is 0 Å². The summed E-state index contributed by atoms with van der Waals surface area (Å²) in [7, 11) is 0. The Labute approximate surface area is 177 Å². The third kappa shape index (κ3) is 3.79. The number of rotatable bonds is 4. The molecule has 36 heavy (non-hydrogen) atoms. The highest BCUT2D eigenvalue weighted by Gasteiger charge is 3.13. The van der Waals surface area contributed by atoms with Gasteiger partial charge in [-0.15, -0.1) is 4.94 Å². The first-order chi connectivity index (χ1) is 15.1. The van der Waals surface area contributed by atoms with Crippen molar-refractivity contribution < 1.29 is 110 Å². The van der Waals surface area contributed by atoms with Crippen molar-refractivity contribution in [1.82, 2.24) is 0 Å². The molecule has 0 aliphatic heterocycles. The summed E-state index contributed by atoms with van der Waals surface area (Å²) < 4.78 is 318. The molecule has 0 atom stereocenters. The Kier molecular flexibility index (Phi) is 7.75. The molecule has 0 unspecified atom stereocenters. The van der Waals surface area contributed by atoms with Crippen LogP contribution in [0.4, 0.5) is 106 Å². The molecular formula is C11F24O. The maximum Gasteiger partial charge on any atom is 0.413 e. The van der Waals surface area contributed by atoms with Crippen molar-refractivity contribution in [2.45, 2.75) is 49.3 Å². The molecule has 0 N–H and O–H groups in total. The van der Waals surface area contributed by atoms with E-state index in [1.54, 1.807) is 0 Å². The molecule has 0 aromatic heterocycles. The average molecular weight is 604 g/mol. The lowest BCUT2D eigenvalue weighted by Gasteiger charge is -2.60. The molecule has 0 heterocycles. The summed E-state index contributed by atoms with van der Waals surface area (Å²) >= 11 is 0. The second kappa shape index (κ2) is 8.14. The van der Waals surface area contributed by atoms with Crippen molar-refractivity contribution in [2.24, 2.45) is 16.2 Å². The van der Waals surface area contributed by atoms with Crippen molar-refractivity contribution >= 4 is 0 Å². The van der Waals surface area contributed by atoms with E-state index in [1.807, 2.05) is 0 Å². The van der Waals surface area contributed by atoms with Gasteiger partial charge in [0.1, 0.15) is 0 Å². The van der Waals surface area contributed by atoms with Crippen molar-refractivity contribution in [3.05, 3.63) is 0 Å². The Morgan fingerprint density at radius 2 is 0.389 bits per heavy atom. The summed E-state index contributed by atoms with van der Waals surface area (Å²) in [6, 6.07) is 0. The molecule has 218 valence electrons. The van der Waals surface area contributed by atoms with Gasteiger partial charge < -0.3 is 0 Å². The van der Waals surface area contributed by atoms with Gasteiger partial charge in [-0.1, -0.05) is 0 Å². The Balaban J connectivity index is 9.84. The molecule has 0 aromatic carbocycles. The molecule has 0 saturated carbocycles. The third-order valence-corrected chi connectivity index (χ3v) is 4.63. The zero-order valence-electron chi connectivity index (χ0n) is 15.0. The average Bonchev–Trinajstić information content (AvgIpc) is 2.44. The summed E-state index contributed by atoms with van der Waals surface area (Å²) in [5.74, 6) is 0. The fourth-order valence-corrected chi connectivity index (χ4v) is 3.61. The Bertz CT molecular complexity index is 652. The Morgan fingerprint density at radius 3 is 0.472 bits per heavy atom. The van der Waals surface area contributed by atoms with Crippen LogP contribution >= 0.6 is 0 Å². The number of hydrogen-bond acceptors (Lipinski definition) is 1. The molecular weight excluding hydrogens is 604 g/mol. The minimum absolute atomic E-state index is 0.359. The van der Waals surface area contributed by atoms with Gasteiger partial charge in [-0.25, -0.2) is 0 Å². The maximum atomic E-state index is 13.8. The molecule has 0 aromatic rings. The van der Waals surface area contributed by atoms with Crippen LogP contribution in [0.2, 0.25) is 0 Å². The predicted molar refractivity (Wildman–Crippen MR) is 56.8 cm³/mol. The summed E-state index contributed by atoms with van der Waals surface area (Å²) in [6.45, 7) is 0. The largest absolute Gasteiger partial charge is 0.413 e. The molecule has 0 saturated heterocycles. The zero-order valence-corrected chi connectivity index (χ0v) is 15.0. The minimum atomic E-state index is -10.8. The zero-order chi connectivity index (χ0) is 30.2. The van der Waals surface area contributed by atoms with Crippen LogP contribution in [0.1, 0.15) is 0 Å². The summed E-state index contributed by atoms with van der Waals surface area (Å²) in [5, 5.41) is 0. The van der Waals surface area contributed by atoms with Crippen LogP contribution in [0, 0.1) is 16.2 Å². The number of hydrogen-bond donors (Lipinski definition) is 0. The van der Waals surface area contributed by atoms with Gasteiger partial charge >= 0.3 is 49.3 Å². The lowest BCUT2D eigenvalue weighted by atomic mass is 9.46. The first kappa shape index (κ1) is 34.3. The SMILES string of the molecule is FOC(F)(F)C(C(F)(F)F)(C(C(F)(F)F)(C(F)(F)F)C(F)(F)F)C(C(F)(F)F)(C(F)(F)F)C(F)(F)F. The molecule has 0 amide bonds. The highest BCUT2D eigenvalue weighted by Crippen LogP contribution is 2.85. The lowest BCUT2D eigenvalue weighted by molar-refractivity contribution is -0.618. The smallest absolute Gasteiger partial charge is 0.172 e. The van der Waals surface area contributed by atoms with E-state index in [9.17, 15) is 106 Å². The Hall–Kier alpha value is -1.72. The van der Waals surface area contributed by atoms with Gasteiger partial charge in [-0.2, -0.15) is 101 Å². The molecule has 0 bridgehead atoms. The predicted octanol–water partition coefficient (Wildman–Crippen LogP) is 8.38. The van der Waals surface area contributed by atoms with Crippen LogP contribution in [0.5, 0.6) is 0 Å². The van der Waals surface area contributed by atoms with Crippen LogP contribution in [0.15, 0.2) is 0 Å². The first-order valence-corrected chi connectivity index (χ1v) is 7.21. The fourth-order valence-electron chi connectivity index (χ4n) is 3.61. The summed E-state index contributed by atoms with van der Waals surface area (Å²) in [4.78, 5) is 0.359. The maximum absolute atomic E-state index is 13.8. The first-order valence-electron chi connectivity index (χ1n) is 7.21. The molecule has 0 aliphatic carbocycles. The van der Waals surface area contributed by atoms with Crippen LogP contribution < -0.4 is 0 Å². The second-order valence-electron chi connectivity index (χ2n) is 6.33. The lowest BCUT2D eigenvalue weighted by Crippen LogP contribution is -2.87. The number of alkyl halides is 23. The molecule has 25 heteroatoms. The highest BCUT2D eigenvalue weighted by atomic mass is 19.5. The van der Waals surface area contributed by atoms with Gasteiger partial charge in [-0.3, -0.25) is 0 Å². The van der Waals surface area contributed by atoms with E-state index in [0.29, 0.717) is 4.94 Å². The number of halogens is 24. The van der Waals surface area contributed by atoms with E-state index in [4.69, 9.17) is 0 Å². The molecule has 0 rings (SSSR count). The van der Waals surface area contributed by atoms with Crippen LogP contribution in [-0.2, 0) is 4.94 Å². The van der Waals surface area contributed by atoms with E-state index in [1.165, 1.54) is 0 Å². The molecule has 0 spiro atoms. The monoisotopic (exact) mass is 604 g/mol. The van der Waals surface area contributed by atoms with Gasteiger partial charge in [0.2, 0.25) is 5.41 Å². The van der Waals surface area contributed by atoms with Gasteiger partial charge in [0.15, 0.2) is 0 Å². The molecule has 0 fully saturated rings. The van der Waals surface area contributed by atoms with Gasteiger partial charge in [0.25, 0.3) is 10.8 Å². The standard InChI is InChI=1S/C11F24O/c12-4(13,14)1(11(33,34)36-35,2(5(15,16)17,6(18,19)20)7(21,22)23)3(8(24,25)26,9(27,28)29)10(30,31)32. The van der Waals surface area contributed by atoms with Crippen molar-refractivity contribution in [3.63, 3.8) is 0 Å². The second-order valence-corrected chi connectivity index (χ2v) is 6.33. The Morgan fingerprint density at radius 1 is 0.250 bits per heavy atom. The quantitative estimate of drug-likeness (QED) is 0.293. The van der Waals surface area contributed by atoms with E-state index in [0.717, 1.165) is 0 Å². The molecule has 0 radical (unpaired) electrons. The van der Waals surface area contributed by atoms with Crippen molar-refractivity contribution in [1.29, 1.82) is 0 Å². The van der Waals surface area contributed by atoms with E-state index < -0.39 is 65.6 Å². The van der Waals surface area contributed by atoms with Gasteiger partial charge in [-0.05, 0) is 4.53 Å². The van der Waals surface area contributed by atoms with Crippen molar-refractivity contribution in [2.75, 3.05) is 0 Å². The fraction of sp³-hybridized carbons (Fsp3) is 1.00. The van der Waals surface area contributed by atoms with Gasteiger partial charge in [0, 0.05) is 0 Å². The summed E-state index contributed by atoms with van der Waals surface area (Å²) in [5.41, 5.74) is -31.7. The topological polar surface area (TPSA) is 9.23 Å². The molecule has 0 aliphatic rings. The van der Waals surface area contributed by atoms with E-state index in [-0.39, 0.29) is 0 Å². The normalized spacial score (nSPS) is 17.0. The molecule has 1 nitrogen and oxygen atoms in total.